The van der Waals surface area contributed by atoms with E-state index in [0.29, 0.717) is 0 Å². The molecule has 0 aliphatic carbocycles. The highest BCUT2D eigenvalue weighted by Crippen LogP contribution is 2.24. The average Bonchev–Trinajstić information content (AvgIpc) is 2.11. The van der Waals surface area contributed by atoms with E-state index in [0.717, 1.165) is 6.07 Å². The van der Waals surface area contributed by atoms with Gasteiger partial charge in [0.25, 0.3) is 0 Å². The summed E-state index contributed by atoms with van der Waals surface area (Å²) in [7, 11) is 0. The van der Waals surface area contributed by atoms with Crippen LogP contribution in [-0.2, 0) is 6.54 Å². The lowest BCUT2D eigenvalue weighted by atomic mass is 10.2. The highest BCUT2D eigenvalue weighted by Gasteiger charge is 2.16. The third-order valence-corrected chi connectivity index (χ3v) is 2.17. The van der Waals surface area contributed by atoms with Gasteiger partial charge in [-0.1, -0.05) is 0 Å². The maximum atomic E-state index is 12.9. The van der Waals surface area contributed by atoms with Gasteiger partial charge in [0.15, 0.2) is 11.6 Å². The first-order chi connectivity index (χ1) is 6.07. The largest absolute Gasteiger partial charge is 0.316 e. The number of halogens is 4. The van der Waals surface area contributed by atoms with E-state index >= 15 is 0 Å². The van der Waals surface area contributed by atoms with Crippen molar-refractivity contribution in [1.82, 2.24) is 5.48 Å². The highest BCUT2D eigenvalue weighted by atomic mass is 79.9. The first-order valence-corrected chi connectivity index (χ1v) is 4.06. The highest BCUT2D eigenvalue weighted by molar-refractivity contribution is 9.10. The molecule has 0 spiro atoms. The van der Waals surface area contributed by atoms with Gasteiger partial charge in [-0.3, -0.25) is 0 Å². The van der Waals surface area contributed by atoms with E-state index in [1.54, 1.807) is 5.48 Å². The third kappa shape index (κ3) is 2.01. The molecule has 2 nitrogen and oxygen atoms in total. The molecule has 1 rings (SSSR count). The lowest BCUT2D eigenvalue weighted by Gasteiger charge is -2.04. The second-order valence-corrected chi connectivity index (χ2v) is 3.09. The van der Waals surface area contributed by atoms with Crippen molar-refractivity contribution in [2.24, 2.45) is 0 Å². The van der Waals surface area contributed by atoms with Gasteiger partial charge < -0.3 is 5.21 Å². The molecular weight excluding hydrogens is 251 g/mol. The van der Waals surface area contributed by atoms with Crippen LogP contribution in [0.1, 0.15) is 5.56 Å². The minimum atomic E-state index is -1.30. The van der Waals surface area contributed by atoms with Crippen LogP contribution in [0, 0.1) is 17.5 Å². The maximum absolute atomic E-state index is 12.9. The summed E-state index contributed by atoms with van der Waals surface area (Å²) in [5, 5.41) is 8.22. The Labute approximate surface area is 80.5 Å². The lowest BCUT2D eigenvalue weighted by Crippen LogP contribution is -2.10. The lowest BCUT2D eigenvalue weighted by molar-refractivity contribution is 0.159. The van der Waals surface area contributed by atoms with Gasteiger partial charge in [0.2, 0.25) is 0 Å². The van der Waals surface area contributed by atoms with Crippen LogP contribution in [0.3, 0.4) is 0 Å². The molecular formula is C7H5BrF3NO. The molecule has 2 N–H and O–H groups in total. The van der Waals surface area contributed by atoms with Crippen LogP contribution in [0.2, 0.25) is 0 Å². The Morgan fingerprint density at radius 3 is 2.46 bits per heavy atom. The molecule has 0 aromatic heterocycles. The smallest absolute Gasteiger partial charge is 0.176 e. The molecule has 6 heteroatoms. The molecule has 0 saturated heterocycles. The molecule has 0 aliphatic rings. The second-order valence-electron chi connectivity index (χ2n) is 2.29. The van der Waals surface area contributed by atoms with Crippen LogP contribution in [0.15, 0.2) is 10.5 Å². The first kappa shape index (κ1) is 10.5. The number of nitrogens with one attached hydrogen (secondary N) is 1. The molecule has 1 aromatic rings. The Morgan fingerprint density at radius 1 is 1.31 bits per heavy atom. The fourth-order valence-corrected chi connectivity index (χ4v) is 1.12. The normalized spacial score (nSPS) is 10.5. The van der Waals surface area contributed by atoms with E-state index in [9.17, 15) is 13.2 Å². The van der Waals surface area contributed by atoms with Crippen molar-refractivity contribution in [3.05, 3.63) is 33.6 Å². The summed E-state index contributed by atoms with van der Waals surface area (Å²) in [6, 6.07) is 0.797. The zero-order chi connectivity index (χ0) is 10.0. The van der Waals surface area contributed by atoms with Gasteiger partial charge in [-0.2, -0.15) is 0 Å². The van der Waals surface area contributed by atoms with Crippen molar-refractivity contribution in [3.63, 3.8) is 0 Å². The summed E-state index contributed by atoms with van der Waals surface area (Å²) in [5.41, 5.74) is 1.33. The minimum Gasteiger partial charge on any atom is -0.316 e. The summed E-state index contributed by atoms with van der Waals surface area (Å²) < 4.78 is 37.9. The van der Waals surface area contributed by atoms with Crippen LogP contribution in [0.25, 0.3) is 0 Å². The zero-order valence-electron chi connectivity index (χ0n) is 6.24. The molecule has 0 bridgehead atoms. The van der Waals surface area contributed by atoms with Crippen molar-refractivity contribution < 1.29 is 18.4 Å². The van der Waals surface area contributed by atoms with Gasteiger partial charge in [0.05, 0.1) is 4.47 Å². The SMILES string of the molecule is ONCc1cc(F)c(Br)c(F)c1F. The molecule has 13 heavy (non-hydrogen) atoms. The number of hydroxylamine groups is 1. The van der Waals surface area contributed by atoms with Crippen LogP contribution in [0.4, 0.5) is 13.2 Å². The van der Waals surface area contributed by atoms with Crippen LogP contribution >= 0.6 is 15.9 Å². The molecule has 0 unspecified atom stereocenters. The molecule has 0 amide bonds. The van der Waals surface area contributed by atoms with Gasteiger partial charge in [-0.25, -0.2) is 18.7 Å². The summed E-state index contributed by atoms with van der Waals surface area (Å²) >= 11 is 2.54. The predicted octanol–water partition coefficient (Wildman–Crippen LogP) is 2.35. The maximum Gasteiger partial charge on any atom is 0.176 e. The zero-order valence-corrected chi connectivity index (χ0v) is 7.83. The van der Waals surface area contributed by atoms with Gasteiger partial charge in [0.1, 0.15) is 5.82 Å². The summed E-state index contributed by atoms with van der Waals surface area (Å²) in [6.07, 6.45) is 0. The molecule has 0 atom stereocenters. The minimum absolute atomic E-state index is 0.277. The van der Waals surface area contributed by atoms with Crippen molar-refractivity contribution >= 4 is 15.9 Å². The number of rotatable bonds is 2. The third-order valence-electron chi connectivity index (χ3n) is 1.45. The number of hydrogen-bond donors (Lipinski definition) is 2. The van der Waals surface area contributed by atoms with E-state index < -0.39 is 21.9 Å². The number of hydrogen-bond acceptors (Lipinski definition) is 2. The fourth-order valence-electron chi connectivity index (χ4n) is 0.836. The van der Waals surface area contributed by atoms with Crippen LogP contribution in [0.5, 0.6) is 0 Å². The first-order valence-electron chi connectivity index (χ1n) is 3.26. The Balaban J connectivity index is 3.24. The monoisotopic (exact) mass is 255 g/mol. The van der Waals surface area contributed by atoms with Crippen molar-refractivity contribution in [2.75, 3.05) is 0 Å². The van der Waals surface area contributed by atoms with Gasteiger partial charge in [-0.15, -0.1) is 0 Å². The molecule has 0 saturated carbocycles. The molecule has 0 radical (unpaired) electrons. The van der Waals surface area contributed by atoms with E-state index in [2.05, 4.69) is 15.9 Å². The van der Waals surface area contributed by atoms with E-state index in [1.165, 1.54) is 0 Å². The Kier molecular flexibility index (Phi) is 3.29. The van der Waals surface area contributed by atoms with Crippen LogP contribution in [-0.4, -0.2) is 5.21 Å². The standard InChI is InChI=1S/C7H5BrF3NO/c8-5-4(9)1-3(2-12-13)6(10)7(5)11/h1,12-13H,2H2. The molecule has 72 valence electrons. The quantitative estimate of drug-likeness (QED) is 0.483. The summed E-state index contributed by atoms with van der Waals surface area (Å²) in [6.45, 7) is -0.354. The van der Waals surface area contributed by atoms with E-state index in [1.807, 2.05) is 0 Å². The van der Waals surface area contributed by atoms with Crippen molar-refractivity contribution in [2.45, 2.75) is 6.54 Å². The molecule has 0 aliphatic heterocycles. The van der Waals surface area contributed by atoms with Crippen LogP contribution < -0.4 is 5.48 Å². The van der Waals surface area contributed by atoms with Gasteiger partial charge >= 0.3 is 0 Å². The van der Waals surface area contributed by atoms with Gasteiger partial charge in [0, 0.05) is 12.1 Å². The van der Waals surface area contributed by atoms with Crippen molar-refractivity contribution in [3.8, 4) is 0 Å². The topological polar surface area (TPSA) is 32.3 Å². The molecule has 1 aromatic carbocycles. The van der Waals surface area contributed by atoms with E-state index in [4.69, 9.17) is 5.21 Å². The predicted molar refractivity (Wildman–Crippen MR) is 42.6 cm³/mol. The van der Waals surface area contributed by atoms with E-state index in [-0.39, 0.29) is 12.1 Å². The Bertz CT molecular complexity index is 332. The molecule has 0 fully saturated rings. The number of benzene rings is 1. The summed E-state index contributed by atoms with van der Waals surface area (Å²) in [5.74, 6) is -3.40. The molecule has 0 heterocycles. The summed E-state index contributed by atoms with van der Waals surface area (Å²) in [4.78, 5) is 0. The Hall–Kier alpha value is -0.590. The van der Waals surface area contributed by atoms with Gasteiger partial charge in [-0.05, 0) is 22.0 Å². The fraction of sp³-hybridized carbons (Fsp3) is 0.143. The second kappa shape index (κ2) is 4.08. The average molecular weight is 256 g/mol. The van der Waals surface area contributed by atoms with Crippen molar-refractivity contribution in [1.29, 1.82) is 0 Å². The Morgan fingerprint density at radius 2 is 1.92 bits per heavy atom.